The van der Waals surface area contributed by atoms with Crippen LogP contribution >= 0.6 is 0 Å². The van der Waals surface area contributed by atoms with Crippen molar-refractivity contribution < 1.29 is 9.47 Å². The van der Waals surface area contributed by atoms with Gasteiger partial charge in [0.25, 0.3) is 0 Å². The van der Waals surface area contributed by atoms with Gasteiger partial charge >= 0.3 is 0 Å². The largest absolute Gasteiger partial charge is 0.497 e. The molecule has 0 aliphatic carbocycles. The number of nitrogens with one attached hydrogen (secondary N) is 1. The van der Waals surface area contributed by atoms with Crippen LogP contribution in [0.3, 0.4) is 0 Å². The van der Waals surface area contributed by atoms with Crippen molar-refractivity contribution in [2.75, 3.05) is 14.2 Å². The monoisotopic (exact) mass is 407 g/mol. The van der Waals surface area contributed by atoms with Gasteiger partial charge in [0, 0.05) is 22.1 Å². The Labute approximate surface area is 180 Å². The number of aliphatic imine (C=N–C) groups is 1. The first-order valence-corrected chi connectivity index (χ1v) is 10.00. The van der Waals surface area contributed by atoms with Crippen LogP contribution in [0.15, 0.2) is 95.0 Å². The van der Waals surface area contributed by atoms with Gasteiger partial charge in [-0.05, 0) is 60.0 Å². The molecule has 1 aliphatic heterocycles. The first-order valence-electron chi connectivity index (χ1n) is 10.00. The van der Waals surface area contributed by atoms with E-state index < -0.39 is 0 Å². The Balaban J connectivity index is 1.70. The van der Waals surface area contributed by atoms with E-state index in [1.807, 2.05) is 60.7 Å². The minimum Gasteiger partial charge on any atom is -0.497 e. The summed E-state index contributed by atoms with van der Waals surface area (Å²) in [7, 11) is 3.32. The van der Waals surface area contributed by atoms with E-state index >= 15 is 0 Å². The number of fused-ring (bicyclic) bond motifs is 3. The molecule has 0 bridgehead atoms. The molecule has 0 saturated heterocycles. The first kappa shape index (κ1) is 18.9. The van der Waals surface area contributed by atoms with Crippen LogP contribution in [0.2, 0.25) is 0 Å². The highest BCUT2D eigenvalue weighted by Crippen LogP contribution is 2.34. The zero-order chi connectivity index (χ0) is 21.2. The van der Waals surface area contributed by atoms with E-state index in [0.717, 1.165) is 50.4 Å². The number of benzene rings is 4. The van der Waals surface area contributed by atoms with E-state index in [4.69, 9.17) is 19.6 Å². The summed E-state index contributed by atoms with van der Waals surface area (Å²) in [5.41, 5.74) is 7.80. The van der Waals surface area contributed by atoms with E-state index in [0.29, 0.717) is 5.84 Å². The van der Waals surface area contributed by atoms with Gasteiger partial charge in [-0.15, -0.1) is 0 Å². The quantitative estimate of drug-likeness (QED) is 0.500. The molecule has 1 aliphatic rings. The van der Waals surface area contributed by atoms with Crippen LogP contribution in [0.1, 0.15) is 16.7 Å². The highest BCUT2D eigenvalue weighted by atomic mass is 16.5. The average Bonchev–Trinajstić information content (AvgIpc) is 3.04. The lowest BCUT2D eigenvalue weighted by Gasteiger charge is -2.11. The highest BCUT2D eigenvalue weighted by Gasteiger charge is 2.19. The van der Waals surface area contributed by atoms with Crippen molar-refractivity contribution in [2.24, 2.45) is 10.1 Å². The number of hydrogen-bond donors (Lipinski definition) is 1. The molecule has 0 fully saturated rings. The molecular weight excluding hydrogens is 386 g/mol. The Kier molecular flexibility index (Phi) is 4.84. The molecule has 0 unspecified atom stereocenters. The van der Waals surface area contributed by atoms with Crippen molar-refractivity contribution in [3.05, 3.63) is 102 Å². The fourth-order valence-electron chi connectivity index (χ4n) is 3.72. The molecule has 0 spiro atoms. The summed E-state index contributed by atoms with van der Waals surface area (Å²) in [6.45, 7) is 0. The normalized spacial score (nSPS) is 12.8. The second-order valence-corrected chi connectivity index (χ2v) is 7.17. The summed E-state index contributed by atoms with van der Waals surface area (Å²) >= 11 is 0. The van der Waals surface area contributed by atoms with Gasteiger partial charge in [-0.25, -0.2) is 4.99 Å². The fourth-order valence-corrected chi connectivity index (χ4v) is 3.72. The standard InChI is InChI=1S/C26H21N3O2/c1-30-20-12-7-18(8-13-20)24-23-16-11-17-5-3-4-6-22(17)25(23)27-26(29-28-24)19-9-14-21(31-2)15-10-19/h3-16H,1-2H3,(H,27,29). The lowest BCUT2D eigenvalue weighted by atomic mass is 9.97. The number of methoxy groups -OCH3 is 2. The molecule has 0 amide bonds. The Morgan fingerprint density at radius 3 is 2.00 bits per heavy atom. The molecule has 5 nitrogen and oxygen atoms in total. The molecule has 5 heteroatoms. The maximum Gasteiger partial charge on any atom is 0.154 e. The van der Waals surface area contributed by atoms with E-state index in [1.54, 1.807) is 14.2 Å². The highest BCUT2D eigenvalue weighted by molar-refractivity contribution is 6.21. The topological polar surface area (TPSA) is 55.2 Å². The van der Waals surface area contributed by atoms with Crippen LogP contribution in [-0.4, -0.2) is 25.8 Å². The predicted octanol–water partition coefficient (Wildman–Crippen LogP) is 5.29. The minimum atomic E-state index is 0.684. The second kappa shape index (κ2) is 7.95. The Morgan fingerprint density at radius 1 is 0.677 bits per heavy atom. The summed E-state index contributed by atoms with van der Waals surface area (Å²) < 4.78 is 10.6. The van der Waals surface area contributed by atoms with Gasteiger partial charge in [-0.3, -0.25) is 5.43 Å². The summed E-state index contributed by atoms with van der Waals surface area (Å²) in [6.07, 6.45) is 0. The lowest BCUT2D eigenvalue weighted by Crippen LogP contribution is -2.19. The summed E-state index contributed by atoms with van der Waals surface area (Å²) in [5, 5.41) is 6.98. The number of rotatable bonds is 4. The maximum absolute atomic E-state index is 5.31. The number of hydrogen-bond acceptors (Lipinski definition) is 5. The molecule has 4 aromatic rings. The number of hydrazone groups is 1. The summed E-state index contributed by atoms with van der Waals surface area (Å²) in [5.74, 6) is 2.29. The van der Waals surface area contributed by atoms with E-state index in [1.165, 1.54) is 0 Å². The van der Waals surface area contributed by atoms with Crippen LogP contribution in [0, 0.1) is 0 Å². The van der Waals surface area contributed by atoms with Gasteiger partial charge in [0.15, 0.2) is 5.84 Å². The Morgan fingerprint density at radius 2 is 1.32 bits per heavy atom. The number of ether oxygens (including phenoxy) is 2. The molecule has 152 valence electrons. The Hall–Kier alpha value is -4.12. The van der Waals surface area contributed by atoms with Crippen LogP contribution in [0.5, 0.6) is 11.5 Å². The number of nitrogens with zero attached hydrogens (tertiary/aromatic N) is 2. The zero-order valence-electron chi connectivity index (χ0n) is 17.3. The third kappa shape index (κ3) is 3.51. The van der Waals surface area contributed by atoms with Gasteiger partial charge < -0.3 is 9.47 Å². The fraction of sp³-hybridized carbons (Fsp3) is 0.0769. The molecule has 0 saturated carbocycles. The smallest absolute Gasteiger partial charge is 0.154 e. The Bertz CT molecular complexity index is 1310. The number of amidine groups is 1. The molecule has 4 aromatic carbocycles. The van der Waals surface area contributed by atoms with Crippen molar-refractivity contribution in [1.82, 2.24) is 5.43 Å². The molecule has 0 atom stereocenters. The molecule has 0 radical (unpaired) electrons. The van der Waals surface area contributed by atoms with Crippen LogP contribution in [0.25, 0.3) is 10.8 Å². The van der Waals surface area contributed by atoms with Crippen molar-refractivity contribution >= 4 is 28.0 Å². The van der Waals surface area contributed by atoms with Crippen LogP contribution in [0.4, 0.5) is 5.69 Å². The third-order valence-corrected chi connectivity index (χ3v) is 5.38. The summed E-state index contributed by atoms with van der Waals surface area (Å²) in [6, 6.07) is 28.2. The molecule has 1 heterocycles. The van der Waals surface area contributed by atoms with E-state index in [-0.39, 0.29) is 0 Å². The third-order valence-electron chi connectivity index (χ3n) is 5.38. The van der Waals surface area contributed by atoms with Crippen molar-refractivity contribution in [3.63, 3.8) is 0 Å². The zero-order valence-corrected chi connectivity index (χ0v) is 17.3. The van der Waals surface area contributed by atoms with Gasteiger partial charge in [0.05, 0.1) is 19.9 Å². The summed E-state index contributed by atoms with van der Waals surface area (Å²) in [4.78, 5) is 5.03. The maximum atomic E-state index is 5.31. The molecular formula is C26H21N3O2. The van der Waals surface area contributed by atoms with Gasteiger partial charge in [-0.2, -0.15) is 5.10 Å². The van der Waals surface area contributed by atoms with Gasteiger partial charge in [0.2, 0.25) is 0 Å². The van der Waals surface area contributed by atoms with E-state index in [2.05, 4.69) is 29.7 Å². The van der Waals surface area contributed by atoms with Gasteiger partial charge in [-0.1, -0.05) is 30.3 Å². The van der Waals surface area contributed by atoms with Crippen LogP contribution in [-0.2, 0) is 0 Å². The SMILES string of the molecule is COc1ccc(C2=Nc3c(ccc4ccccc34)C(c3ccc(OC)cc3)=NN2)cc1. The van der Waals surface area contributed by atoms with Gasteiger partial charge in [0.1, 0.15) is 17.2 Å². The molecule has 0 aromatic heterocycles. The average molecular weight is 407 g/mol. The van der Waals surface area contributed by atoms with Crippen molar-refractivity contribution in [1.29, 1.82) is 0 Å². The second-order valence-electron chi connectivity index (χ2n) is 7.17. The molecule has 1 N–H and O–H groups in total. The van der Waals surface area contributed by atoms with E-state index in [9.17, 15) is 0 Å². The van der Waals surface area contributed by atoms with Crippen molar-refractivity contribution in [2.45, 2.75) is 0 Å². The lowest BCUT2D eigenvalue weighted by molar-refractivity contribution is 0.414. The van der Waals surface area contributed by atoms with Crippen LogP contribution < -0.4 is 14.9 Å². The minimum absolute atomic E-state index is 0.684. The molecule has 31 heavy (non-hydrogen) atoms. The first-order chi connectivity index (χ1) is 15.3. The predicted molar refractivity (Wildman–Crippen MR) is 125 cm³/mol. The molecule has 5 rings (SSSR count). The van der Waals surface area contributed by atoms with Crippen molar-refractivity contribution in [3.8, 4) is 11.5 Å².